The molecule has 0 saturated carbocycles. The van der Waals surface area contributed by atoms with Crippen LogP contribution in [0.1, 0.15) is 200 Å². The van der Waals surface area contributed by atoms with Gasteiger partial charge in [0.1, 0.15) is 30.7 Å². The van der Waals surface area contributed by atoms with Crippen LogP contribution in [-0.2, 0) is 46.3 Å². The third kappa shape index (κ3) is 32.3. The second-order valence-corrected chi connectivity index (χ2v) is 20.6. The first-order valence-corrected chi connectivity index (χ1v) is 28.2. The molecular formula is C48H91N5O15P2. The molecule has 1 aliphatic heterocycles. The fraction of sp³-hybridized carbons (Fsp3) is 0.792. The second kappa shape index (κ2) is 40.6. The van der Waals surface area contributed by atoms with Crippen LogP contribution in [0.15, 0.2) is 41.4 Å². The number of nitrogens with two attached hydrogens (primary N) is 1. The van der Waals surface area contributed by atoms with Crippen molar-refractivity contribution in [1.82, 2.24) is 21.9 Å². The van der Waals surface area contributed by atoms with Crippen molar-refractivity contribution >= 4 is 33.4 Å². The Kier molecular flexibility index (Phi) is 39.0. The van der Waals surface area contributed by atoms with Gasteiger partial charge >= 0.3 is 25.5 Å². The van der Waals surface area contributed by atoms with Crippen molar-refractivity contribution in [2.75, 3.05) is 25.6 Å². The number of anilines is 1. The number of hydrogen-bond acceptors (Lipinski definition) is 17. The minimum absolute atomic E-state index is 0. The van der Waals surface area contributed by atoms with Gasteiger partial charge in [0.15, 0.2) is 12.3 Å². The average Bonchev–Trinajstić information content (AvgIpc) is 3.57. The molecule has 70 heavy (non-hydrogen) atoms. The minimum atomic E-state index is -6.07. The van der Waals surface area contributed by atoms with Gasteiger partial charge in [-0.05, 0) is 70.3 Å². The zero-order valence-electron chi connectivity index (χ0n) is 42.8. The summed E-state index contributed by atoms with van der Waals surface area (Å²) in [6.45, 7) is 2.00. The van der Waals surface area contributed by atoms with Gasteiger partial charge in [-0.15, -0.1) is 0 Å². The highest BCUT2D eigenvalue weighted by molar-refractivity contribution is 7.60. The molecule has 408 valence electrons. The molecule has 2 heterocycles. The molecular weight excluding hydrogens is 948 g/mol. The third-order valence-electron chi connectivity index (χ3n) is 11.5. The van der Waals surface area contributed by atoms with Crippen molar-refractivity contribution in [3.63, 3.8) is 0 Å². The van der Waals surface area contributed by atoms with Crippen LogP contribution in [-0.4, -0.2) is 75.9 Å². The normalized spacial score (nSPS) is 18.4. The summed E-state index contributed by atoms with van der Waals surface area (Å²) < 4.78 is 56.9. The number of carbonyl (C=O) groups is 2. The number of allylic oxidation sites excluding steroid dienone is 4. The summed E-state index contributed by atoms with van der Waals surface area (Å²) in [7, 11) is -11.5. The fourth-order valence-electron chi connectivity index (χ4n) is 7.56. The van der Waals surface area contributed by atoms with E-state index >= 15 is 0 Å². The molecule has 0 aliphatic carbocycles. The molecule has 1 aromatic rings. The minimum Gasteiger partial charge on any atom is -0.789 e. The Bertz CT molecular complexity index is 1730. The molecule has 0 amide bonds. The first-order chi connectivity index (χ1) is 32.7. The number of aliphatic hydroxyl groups excluding tert-OH is 2. The molecule has 1 fully saturated rings. The Balaban J connectivity index is 0.0000238. The molecule has 2 rings (SSSR count). The number of carbonyl (C=O) groups excluding carboxylic acids is 2. The van der Waals surface area contributed by atoms with Crippen molar-refractivity contribution in [2.24, 2.45) is 0 Å². The maximum atomic E-state index is 13.6. The third-order valence-corrected chi connectivity index (χ3v) is 14.0. The molecule has 20 nitrogen and oxygen atoms in total. The van der Waals surface area contributed by atoms with Crippen molar-refractivity contribution in [3.05, 3.63) is 47.1 Å². The van der Waals surface area contributed by atoms with E-state index in [1.807, 2.05) is 0 Å². The maximum Gasteiger partial charge on any atom is 0.478 e. The van der Waals surface area contributed by atoms with E-state index in [2.05, 4.69) is 47.4 Å². The van der Waals surface area contributed by atoms with Crippen molar-refractivity contribution in [3.8, 4) is 0 Å². The maximum absolute atomic E-state index is 13.6. The number of phosphoric ester groups is 1. The molecule has 1 aromatic heterocycles. The van der Waals surface area contributed by atoms with Crippen LogP contribution in [0.3, 0.4) is 0 Å². The van der Waals surface area contributed by atoms with Crippen LogP contribution < -0.4 is 33.5 Å². The predicted molar refractivity (Wildman–Crippen MR) is 269 cm³/mol. The number of nitrogens with zero attached hydrogens (tertiary/aromatic N) is 2. The SMILES string of the molecule is CCCCCCCC/C=C\CCCCCCCC(=O)OC[C@H](COP(=O)(OC[C@H]1O[C@@H](n2ccc(N)nc2=O)[C@H](O)[C@@H]1O)OP(=O)([O-])[O-])OC(=O)CCCCCCC/C=C\CCCCCCCC.[NH4+].[NH4+]. The van der Waals surface area contributed by atoms with E-state index < -0.39 is 83.7 Å². The fourth-order valence-corrected chi connectivity index (χ4v) is 9.67. The Morgan fingerprint density at radius 1 is 0.714 bits per heavy atom. The molecule has 1 saturated heterocycles. The van der Waals surface area contributed by atoms with Gasteiger partial charge in [0.2, 0.25) is 0 Å². The Morgan fingerprint density at radius 2 is 1.17 bits per heavy atom. The smallest absolute Gasteiger partial charge is 0.478 e. The molecule has 22 heteroatoms. The van der Waals surface area contributed by atoms with Crippen LogP contribution in [0.5, 0.6) is 0 Å². The van der Waals surface area contributed by atoms with E-state index in [-0.39, 0.29) is 31.0 Å². The number of phosphoric acid groups is 2. The van der Waals surface area contributed by atoms with E-state index in [0.29, 0.717) is 12.8 Å². The largest absolute Gasteiger partial charge is 0.789 e. The molecule has 0 radical (unpaired) electrons. The number of esters is 2. The van der Waals surface area contributed by atoms with Gasteiger partial charge in [-0.3, -0.25) is 27.5 Å². The van der Waals surface area contributed by atoms with E-state index in [4.69, 9.17) is 29.0 Å². The number of aliphatic hydroxyl groups is 2. The number of hydrogen-bond donors (Lipinski definition) is 5. The van der Waals surface area contributed by atoms with Gasteiger partial charge in [0.05, 0.1) is 21.0 Å². The van der Waals surface area contributed by atoms with Gasteiger partial charge in [0.25, 0.3) is 0 Å². The van der Waals surface area contributed by atoms with Gasteiger partial charge in [0, 0.05) is 19.0 Å². The molecule has 1 aliphatic rings. The summed E-state index contributed by atoms with van der Waals surface area (Å²) in [5, 5.41) is 21.2. The molecule has 12 N–H and O–H groups in total. The van der Waals surface area contributed by atoms with Gasteiger partial charge in [-0.2, -0.15) is 4.98 Å². The first kappa shape index (κ1) is 67.2. The lowest BCUT2D eigenvalue weighted by Crippen LogP contribution is -2.36. The molecule has 0 aromatic carbocycles. The topological polar surface area (TPSA) is 344 Å². The van der Waals surface area contributed by atoms with Gasteiger partial charge < -0.3 is 56.8 Å². The van der Waals surface area contributed by atoms with Crippen LogP contribution in [0.25, 0.3) is 0 Å². The lowest BCUT2D eigenvalue weighted by Gasteiger charge is -2.32. The molecule has 0 spiro atoms. The van der Waals surface area contributed by atoms with Crippen LogP contribution in [0, 0.1) is 0 Å². The monoisotopic (exact) mass is 1040 g/mol. The lowest BCUT2D eigenvalue weighted by molar-refractivity contribution is -0.335. The van der Waals surface area contributed by atoms with Crippen LogP contribution in [0.4, 0.5) is 5.82 Å². The van der Waals surface area contributed by atoms with Gasteiger partial charge in [-0.1, -0.05) is 141 Å². The number of nitrogen functional groups attached to an aromatic ring is 1. The van der Waals surface area contributed by atoms with E-state index in [0.717, 1.165) is 87.8 Å². The van der Waals surface area contributed by atoms with Gasteiger partial charge in [-0.25, -0.2) is 9.36 Å². The van der Waals surface area contributed by atoms with Crippen molar-refractivity contribution in [1.29, 1.82) is 0 Å². The Morgan fingerprint density at radius 3 is 1.64 bits per heavy atom. The highest BCUT2D eigenvalue weighted by atomic mass is 31.3. The number of unbranched alkanes of at least 4 members (excludes halogenated alkanes) is 22. The summed E-state index contributed by atoms with van der Waals surface area (Å²) in [5.41, 5.74) is 4.59. The first-order valence-electron chi connectivity index (χ1n) is 25.3. The lowest BCUT2D eigenvalue weighted by atomic mass is 10.1. The van der Waals surface area contributed by atoms with Crippen LogP contribution >= 0.6 is 15.6 Å². The number of rotatable bonds is 42. The molecule has 6 atom stereocenters. The Labute approximate surface area is 417 Å². The summed E-state index contributed by atoms with van der Waals surface area (Å²) in [5.74, 6) is -1.39. The van der Waals surface area contributed by atoms with E-state index in [9.17, 15) is 43.5 Å². The number of aromatic nitrogens is 2. The van der Waals surface area contributed by atoms with Crippen LogP contribution in [0.2, 0.25) is 0 Å². The average molecular weight is 1040 g/mol. The zero-order valence-corrected chi connectivity index (χ0v) is 44.6. The second-order valence-electron chi connectivity index (χ2n) is 17.6. The molecule has 0 bridgehead atoms. The highest BCUT2D eigenvalue weighted by Gasteiger charge is 2.46. The van der Waals surface area contributed by atoms with Crippen molar-refractivity contribution in [2.45, 2.75) is 224 Å². The van der Waals surface area contributed by atoms with E-state index in [1.54, 1.807) is 0 Å². The highest BCUT2D eigenvalue weighted by Crippen LogP contribution is 2.58. The summed E-state index contributed by atoms with van der Waals surface area (Å²) in [6.07, 6.45) is 30.4. The zero-order chi connectivity index (χ0) is 49.9. The summed E-state index contributed by atoms with van der Waals surface area (Å²) in [6, 6.07) is 1.24. The van der Waals surface area contributed by atoms with Crippen molar-refractivity contribution < 1.29 is 66.3 Å². The standard InChI is InChI=1S/C48H85N3O15P2.2H3N/c1-3-5-7-9-11-13-15-17-19-21-23-25-27-29-31-33-43(52)61-37-40(64-44(53)34-32-30-28-26-24-22-20-18-16-14-12-10-8-6-4-2)38-62-68(60,66-67(57,58)59)63-39-41-45(54)46(55)47(65-41)51-36-35-42(49)50-48(51)56;;/h17-20,35-36,40-41,45-47,54-55H,3-16,21-34,37-39H2,1-2H3,(H2,49,50,56)(H2,57,58,59);2*1H3/b19-17-,20-18-;;/t40-,41-,45-,46-,47-,68?;;/m1../s1. The quantitative estimate of drug-likeness (QED) is 0.0176. The summed E-state index contributed by atoms with van der Waals surface area (Å²) >= 11 is 0. The number of ether oxygens (including phenoxy) is 3. The predicted octanol–water partition coefficient (Wildman–Crippen LogP) is 9.71. The Hall–Kier alpha value is -2.84. The molecule has 1 unspecified atom stereocenters. The van der Waals surface area contributed by atoms with E-state index in [1.165, 1.54) is 83.1 Å². The summed E-state index contributed by atoms with van der Waals surface area (Å²) in [4.78, 5) is 64.9. The number of quaternary nitrogens is 2.